The largest absolute Gasteiger partial charge is 0.508 e. The van der Waals surface area contributed by atoms with Gasteiger partial charge in [-0.3, -0.25) is 4.79 Å². The van der Waals surface area contributed by atoms with Crippen molar-refractivity contribution in [3.63, 3.8) is 0 Å². The fourth-order valence-corrected chi connectivity index (χ4v) is 2.60. The molecular weight excluding hydrogens is 312 g/mol. The number of aromatic hydroxyl groups is 1. The lowest BCUT2D eigenvalue weighted by Gasteiger charge is -1.99. The summed E-state index contributed by atoms with van der Waals surface area (Å²) in [4.78, 5) is 12.1. The normalized spacial score (nSPS) is 10.7. The van der Waals surface area contributed by atoms with E-state index >= 15 is 0 Å². The van der Waals surface area contributed by atoms with Gasteiger partial charge in [0, 0.05) is 11.1 Å². The standard InChI is InChI=1S/C17H14N2O3S/c1-11-2-4-13(5-3-11)16-18-19-17(22-16)23-10-15(21)12-6-8-14(20)9-7-12/h2-9,20H,10H2,1H3. The SMILES string of the molecule is Cc1ccc(-c2nnc(SCC(=O)c3ccc(O)cc3)o2)cc1. The number of hydrogen-bond acceptors (Lipinski definition) is 6. The van der Waals surface area contributed by atoms with E-state index in [-0.39, 0.29) is 17.3 Å². The number of aromatic nitrogens is 2. The average molecular weight is 326 g/mol. The van der Waals surface area contributed by atoms with Crippen LogP contribution in [0.25, 0.3) is 11.5 Å². The number of phenolic OH excluding ortho intramolecular Hbond substituents is 1. The minimum absolute atomic E-state index is 0.0647. The maximum absolute atomic E-state index is 12.1. The van der Waals surface area contributed by atoms with E-state index in [9.17, 15) is 9.90 Å². The number of Topliss-reactive ketones (excluding diaryl/α,β-unsaturated/α-hetero) is 1. The second kappa shape index (κ2) is 6.66. The second-order valence-corrected chi connectivity index (χ2v) is 5.92. The molecule has 0 aliphatic heterocycles. The molecule has 116 valence electrons. The second-order valence-electron chi connectivity index (χ2n) is 5.00. The maximum atomic E-state index is 12.1. The first-order chi connectivity index (χ1) is 11.1. The van der Waals surface area contributed by atoms with Crippen molar-refractivity contribution in [1.82, 2.24) is 10.2 Å². The molecule has 0 aliphatic carbocycles. The van der Waals surface area contributed by atoms with Crippen molar-refractivity contribution in [2.45, 2.75) is 12.1 Å². The Morgan fingerprint density at radius 1 is 1.09 bits per heavy atom. The van der Waals surface area contributed by atoms with E-state index < -0.39 is 0 Å². The molecule has 0 saturated heterocycles. The minimum atomic E-state index is -0.0647. The van der Waals surface area contributed by atoms with Gasteiger partial charge in [-0.05, 0) is 43.3 Å². The number of carbonyl (C=O) groups is 1. The predicted octanol–water partition coefficient (Wildman–Crippen LogP) is 3.73. The van der Waals surface area contributed by atoms with Crippen LogP contribution in [0, 0.1) is 6.92 Å². The highest BCUT2D eigenvalue weighted by Crippen LogP contribution is 2.24. The topological polar surface area (TPSA) is 76.2 Å². The Morgan fingerprint density at radius 2 is 1.78 bits per heavy atom. The number of ketones is 1. The number of nitrogens with zero attached hydrogens (tertiary/aromatic N) is 2. The van der Waals surface area contributed by atoms with Crippen LogP contribution in [0.2, 0.25) is 0 Å². The number of rotatable bonds is 5. The highest BCUT2D eigenvalue weighted by atomic mass is 32.2. The molecule has 0 bridgehead atoms. The lowest BCUT2D eigenvalue weighted by atomic mass is 10.1. The summed E-state index contributed by atoms with van der Waals surface area (Å²) < 4.78 is 5.56. The molecule has 0 saturated carbocycles. The number of carbonyl (C=O) groups excluding carboxylic acids is 1. The molecule has 0 amide bonds. The molecule has 1 aromatic heterocycles. The predicted molar refractivity (Wildman–Crippen MR) is 87.6 cm³/mol. The highest BCUT2D eigenvalue weighted by Gasteiger charge is 2.12. The van der Waals surface area contributed by atoms with Crippen LogP contribution in [0.4, 0.5) is 0 Å². The Bertz CT molecular complexity index is 811. The van der Waals surface area contributed by atoms with Crippen molar-refractivity contribution in [2.75, 3.05) is 5.75 Å². The van der Waals surface area contributed by atoms with Crippen molar-refractivity contribution >= 4 is 17.5 Å². The van der Waals surface area contributed by atoms with Crippen LogP contribution in [0.1, 0.15) is 15.9 Å². The first kappa shape index (κ1) is 15.3. The van der Waals surface area contributed by atoms with Gasteiger partial charge >= 0.3 is 0 Å². The van der Waals surface area contributed by atoms with E-state index in [4.69, 9.17) is 4.42 Å². The first-order valence-corrected chi connectivity index (χ1v) is 7.96. The van der Waals surface area contributed by atoms with E-state index in [2.05, 4.69) is 10.2 Å². The first-order valence-electron chi connectivity index (χ1n) is 6.97. The van der Waals surface area contributed by atoms with Crippen LogP contribution < -0.4 is 0 Å². The molecule has 23 heavy (non-hydrogen) atoms. The van der Waals surface area contributed by atoms with Gasteiger partial charge in [-0.25, -0.2) is 0 Å². The van der Waals surface area contributed by atoms with Gasteiger partial charge < -0.3 is 9.52 Å². The van der Waals surface area contributed by atoms with Crippen molar-refractivity contribution < 1.29 is 14.3 Å². The van der Waals surface area contributed by atoms with Gasteiger partial charge in [0.15, 0.2) is 5.78 Å². The van der Waals surface area contributed by atoms with Gasteiger partial charge in [-0.2, -0.15) is 0 Å². The molecule has 0 atom stereocenters. The van der Waals surface area contributed by atoms with E-state index in [0.29, 0.717) is 16.7 Å². The molecule has 5 nitrogen and oxygen atoms in total. The van der Waals surface area contributed by atoms with E-state index in [1.54, 1.807) is 12.1 Å². The molecule has 0 fully saturated rings. The Labute approximate surface area is 137 Å². The summed E-state index contributed by atoms with van der Waals surface area (Å²) in [6, 6.07) is 13.9. The summed E-state index contributed by atoms with van der Waals surface area (Å²) in [5.74, 6) is 0.698. The third-order valence-electron chi connectivity index (χ3n) is 3.22. The molecular formula is C17H14N2O3S. The molecule has 1 heterocycles. The Balaban J connectivity index is 1.64. The molecule has 0 radical (unpaired) electrons. The zero-order valence-corrected chi connectivity index (χ0v) is 13.2. The van der Waals surface area contributed by atoms with Crippen LogP contribution in [-0.4, -0.2) is 26.8 Å². The van der Waals surface area contributed by atoms with Gasteiger partial charge in [-0.15, -0.1) is 10.2 Å². The molecule has 0 unspecified atom stereocenters. The van der Waals surface area contributed by atoms with E-state index in [1.807, 2.05) is 31.2 Å². The summed E-state index contributed by atoms with van der Waals surface area (Å²) >= 11 is 1.19. The summed E-state index contributed by atoms with van der Waals surface area (Å²) in [5.41, 5.74) is 2.54. The van der Waals surface area contributed by atoms with Crippen molar-refractivity contribution in [2.24, 2.45) is 0 Å². The molecule has 0 aliphatic rings. The smallest absolute Gasteiger partial charge is 0.277 e. The lowest BCUT2D eigenvalue weighted by Crippen LogP contribution is -2.01. The van der Waals surface area contributed by atoms with Crippen molar-refractivity contribution in [3.05, 3.63) is 59.7 Å². The quantitative estimate of drug-likeness (QED) is 0.569. The summed E-state index contributed by atoms with van der Waals surface area (Å²) in [5, 5.41) is 17.5. The molecule has 6 heteroatoms. The molecule has 3 aromatic rings. The Hall–Kier alpha value is -2.60. The van der Waals surface area contributed by atoms with E-state index in [1.165, 1.54) is 23.9 Å². The number of aryl methyl sites for hydroxylation is 1. The summed E-state index contributed by atoms with van der Waals surface area (Å²) in [6.45, 7) is 2.01. The number of phenols is 1. The Morgan fingerprint density at radius 3 is 2.48 bits per heavy atom. The summed E-state index contributed by atoms with van der Waals surface area (Å²) in [6.07, 6.45) is 0. The van der Waals surface area contributed by atoms with Crippen molar-refractivity contribution in [1.29, 1.82) is 0 Å². The Kier molecular flexibility index (Phi) is 4.43. The summed E-state index contributed by atoms with van der Waals surface area (Å²) in [7, 11) is 0. The van der Waals surface area contributed by atoms with E-state index in [0.717, 1.165) is 11.1 Å². The zero-order chi connectivity index (χ0) is 16.2. The number of hydrogen-bond donors (Lipinski definition) is 1. The zero-order valence-electron chi connectivity index (χ0n) is 12.4. The lowest BCUT2D eigenvalue weighted by molar-refractivity contribution is 0.102. The molecule has 2 aromatic carbocycles. The highest BCUT2D eigenvalue weighted by molar-refractivity contribution is 7.99. The number of thioether (sulfide) groups is 1. The van der Waals surface area contributed by atoms with Gasteiger partial charge in [0.05, 0.1) is 5.75 Å². The molecule has 3 rings (SSSR count). The van der Waals surface area contributed by atoms with Crippen LogP contribution in [0.5, 0.6) is 5.75 Å². The number of benzene rings is 2. The average Bonchev–Trinajstić information content (AvgIpc) is 3.03. The van der Waals surface area contributed by atoms with Gasteiger partial charge in [-0.1, -0.05) is 29.5 Å². The minimum Gasteiger partial charge on any atom is -0.508 e. The van der Waals surface area contributed by atoms with Gasteiger partial charge in [0.1, 0.15) is 5.75 Å². The van der Waals surface area contributed by atoms with Crippen LogP contribution in [0.3, 0.4) is 0 Å². The van der Waals surface area contributed by atoms with Crippen molar-refractivity contribution in [3.8, 4) is 17.2 Å². The van der Waals surface area contributed by atoms with Crippen LogP contribution in [-0.2, 0) is 0 Å². The monoisotopic (exact) mass is 326 g/mol. The van der Waals surface area contributed by atoms with Crippen LogP contribution in [0.15, 0.2) is 58.2 Å². The van der Waals surface area contributed by atoms with Crippen LogP contribution >= 0.6 is 11.8 Å². The fraction of sp³-hybridized carbons (Fsp3) is 0.118. The maximum Gasteiger partial charge on any atom is 0.277 e. The third kappa shape index (κ3) is 3.78. The fourth-order valence-electron chi connectivity index (χ4n) is 1.94. The van der Waals surface area contributed by atoms with Gasteiger partial charge in [0.25, 0.3) is 5.22 Å². The third-order valence-corrected chi connectivity index (χ3v) is 4.04. The molecule has 1 N–H and O–H groups in total. The molecule has 0 spiro atoms. The van der Waals surface area contributed by atoms with Gasteiger partial charge in [0.2, 0.25) is 5.89 Å².